The van der Waals surface area contributed by atoms with E-state index in [0.29, 0.717) is 18.9 Å². The smallest absolute Gasteiger partial charge is 0.226 e. The molecule has 2 aromatic carbocycles. The van der Waals surface area contributed by atoms with Gasteiger partial charge in [-0.2, -0.15) is 0 Å². The predicted octanol–water partition coefficient (Wildman–Crippen LogP) is 5.19. The lowest BCUT2D eigenvalue weighted by atomic mass is 10.1. The van der Waals surface area contributed by atoms with Crippen molar-refractivity contribution in [3.05, 3.63) is 71.1 Å². The van der Waals surface area contributed by atoms with Crippen molar-refractivity contribution in [3.8, 4) is 17.2 Å². The van der Waals surface area contributed by atoms with Crippen molar-refractivity contribution in [3.63, 3.8) is 0 Å². The summed E-state index contributed by atoms with van der Waals surface area (Å²) in [5, 5.41) is 0. The molecule has 5 heteroatoms. The Labute approximate surface area is 171 Å². The molecule has 29 heavy (non-hydrogen) atoms. The number of nitrogens with zero attached hydrogens (tertiary/aromatic N) is 1. The highest BCUT2D eigenvalue weighted by Crippen LogP contribution is 2.31. The van der Waals surface area contributed by atoms with Crippen LogP contribution in [0.4, 0.5) is 0 Å². The first-order valence-electron chi connectivity index (χ1n) is 10.1. The van der Waals surface area contributed by atoms with Gasteiger partial charge in [0.15, 0.2) is 5.79 Å². The number of rotatable bonds is 6. The molecule has 2 heterocycles. The second-order valence-electron chi connectivity index (χ2n) is 7.51. The molecule has 4 rings (SSSR count). The molecule has 0 radical (unpaired) electrons. The molecule has 0 aliphatic carbocycles. The zero-order valence-electron chi connectivity index (χ0n) is 17.2. The molecule has 0 atom stereocenters. The van der Waals surface area contributed by atoms with Crippen molar-refractivity contribution in [2.45, 2.75) is 39.4 Å². The van der Waals surface area contributed by atoms with Crippen molar-refractivity contribution in [1.82, 2.24) is 4.98 Å². The van der Waals surface area contributed by atoms with Gasteiger partial charge in [-0.05, 0) is 63.6 Å². The molecule has 1 aromatic heterocycles. The molecule has 1 saturated heterocycles. The molecule has 5 nitrogen and oxygen atoms in total. The highest BCUT2D eigenvalue weighted by molar-refractivity contribution is 5.54. The van der Waals surface area contributed by atoms with Crippen LogP contribution in [0.25, 0.3) is 11.5 Å². The Kier molecular flexibility index (Phi) is 5.69. The van der Waals surface area contributed by atoms with Crippen LogP contribution in [0, 0.1) is 13.8 Å². The topological polar surface area (TPSA) is 53.7 Å². The minimum absolute atomic E-state index is 0.532. The maximum absolute atomic E-state index is 5.91. The van der Waals surface area contributed by atoms with Gasteiger partial charge in [-0.3, -0.25) is 0 Å². The number of hydrogen-bond acceptors (Lipinski definition) is 5. The number of aromatic nitrogens is 1. The minimum atomic E-state index is -0.666. The predicted molar refractivity (Wildman–Crippen MR) is 111 cm³/mol. The van der Waals surface area contributed by atoms with Crippen molar-refractivity contribution in [2.75, 3.05) is 19.8 Å². The van der Waals surface area contributed by atoms with Crippen molar-refractivity contribution < 1.29 is 18.6 Å². The molecule has 1 aliphatic heterocycles. The number of ether oxygens (including phenoxy) is 3. The van der Waals surface area contributed by atoms with Crippen LogP contribution in [0.1, 0.15) is 35.9 Å². The van der Waals surface area contributed by atoms with Gasteiger partial charge in [0.2, 0.25) is 5.89 Å². The fraction of sp³-hybridized carbons (Fsp3) is 0.375. The summed E-state index contributed by atoms with van der Waals surface area (Å²) in [5.74, 6) is 1.63. The molecule has 1 fully saturated rings. The number of hydrogen-bond donors (Lipinski definition) is 0. The minimum Gasteiger partial charge on any atom is -0.493 e. The van der Waals surface area contributed by atoms with Gasteiger partial charge in [0.05, 0.1) is 25.5 Å². The normalized spacial score (nSPS) is 16.0. The monoisotopic (exact) mass is 393 g/mol. The van der Waals surface area contributed by atoms with Gasteiger partial charge in [0.25, 0.3) is 0 Å². The summed E-state index contributed by atoms with van der Waals surface area (Å²) in [6, 6.07) is 16.1. The van der Waals surface area contributed by atoms with Crippen LogP contribution in [0.2, 0.25) is 0 Å². The third-order valence-electron chi connectivity index (χ3n) is 5.22. The summed E-state index contributed by atoms with van der Waals surface area (Å²) in [5.41, 5.74) is 4.13. The molecule has 0 bridgehead atoms. The molecule has 0 N–H and O–H groups in total. The third kappa shape index (κ3) is 4.52. The maximum atomic E-state index is 5.91. The van der Waals surface area contributed by atoms with Crippen LogP contribution in [0.5, 0.6) is 5.75 Å². The van der Waals surface area contributed by atoms with E-state index in [-0.39, 0.29) is 0 Å². The first kappa shape index (κ1) is 19.7. The molecular formula is C24H27NO4. The van der Waals surface area contributed by atoms with Gasteiger partial charge in [0.1, 0.15) is 11.5 Å². The maximum Gasteiger partial charge on any atom is 0.226 e. The lowest BCUT2D eigenvalue weighted by Gasteiger charge is -2.34. The molecule has 0 saturated carbocycles. The van der Waals surface area contributed by atoms with Gasteiger partial charge in [-0.1, -0.05) is 17.7 Å². The van der Waals surface area contributed by atoms with Gasteiger partial charge in [-0.25, -0.2) is 4.98 Å². The average molecular weight is 393 g/mol. The molecular weight excluding hydrogens is 366 g/mol. The second kappa shape index (κ2) is 8.39. The van der Waals surface area contributed by atoms with E-state index >= 15 is 0 Å². The quantitative estimate of drug-likeness (QED) is 0.577. The van der Waals surface area contributed by atoms with Crippen LogP contribution in [0.15, 0.2) is 52.9 Å². The van der Waals surface area contributed by atoms with E-state index in [1.807, 2.05) is 50.2 Å². The zero-order chi connectivity index (χ0) is 20.3. The van der Waals surface area contributed by atoms with Crippen LogP contribution in [-0.4, -0.2) is 24.8 Å². The first-order valence-corrected chi connectivity index (χ1v) is 10.1. The lowest BCUT2D eigenvalue weighted by molar-refractivity contribution is -0.264. The highest BCUT2D eigenvalue weighted by Gasteiger charge is 2.31. The Balaban J connectivity index is 1.35. The van der Waals surface area contributed by atoms with Gasteiger partial charge < -0.3 is 18.6 Å². The highest BCUT2D eigenvalue weighted by atomic mass is 16.7. The summed E-state index contributed by atoms with van der Waals surface area (Å²) in [6.45, 7) is 7.94. The van der Waals surface area contributed by atoms with E-state index in [4.69, 9.17) is 18.6 Å². The van der Waals surface area contributed by atoms with Crippen molar-refractivity contribution >= 4 is 0 Å². The van der Waals surface area contributed by atoms with Gasteiger partial charge >= 0.3 is 0 Å². The zero-order valence-corrected chi connectivity index (χ0v) is 17.2. The second-order valence-corrected chi connectivity index (χ2v) is 7.51. The number of oxazole rings is 1. The molecule has 0 unspecified atom stereocenters. The lowest BCUT2D eigenvalue weighted by Crippen LogP contribution is -2.34. The summed E-state index contributed by atoms with van der Waals surface area (Å²) < 4.78 is 23.4. The van der Waals surface area contributed by atoms with Crippen molar-refractivity contribution in [2.24, 2.45) is 0 Å². The molecule has 0 amide bonds. The summed E-state index contributed by atoms with van der Waals surface area (Å²) in [4.78, 5) is 4.65. The van der Waals surface area contributed by atoms with E-state index in [1.54, 1.807) is 0 Å². The molecule has 0 spiro atoms. The standard InChI is InChI=1S/C24H27NO4/c1-17-5-7-19(8-6-17)23-25-22(18(2)29-23)13-16-26-21-11-9-20(10-12-21)24(3)27-14-4-15-28-24/h5-12H,4,13-16H2,1-3H3. The number of aryl methyl sites for hydroxylation is 2. The average Bonchev–Trinajstić information content (AvgIpc) is 3.10. The molecule has 3 aromatic rings. The Morgan fingerprint density at radius 2 is 1.66 bits per heavy atom. The van der Waals surface area contributed by atoms with E-state index < -0.39 is 5.79 Å². The van der Waals surface area contributed by atoms with Gasteiger partial charge in [0, 0.05) is 17.5 Å². The van der Waals surface area contributed by atoms with E-state index in [9.17, 15) is 0 Å². The third-order valence-corrected chi connectivity index (χ3v) is 5.22. The van der Waals surface area contributed by atoms with Crippen LogP contribution < -0.4 is 4.74 Å². The van der Waals surface area contributed by atoms with E-state index in [2.05, 4.69) is 24.0 Å². The largest absolute Gasteiger partial charge is 0.493 e. The first-order chi connectivity index (χ1) is 14.0. The summed E-state index contributed by atoms with van der Waals surface area (Å²) in [7, 11) is 0. The fourth-order valence-electron chi connectivity index (χ4n) is 3.40. The van der Waals surface area contributed by atoms with E-state index in [0.717, 1.165) is 48.0 Å². The Bertz CT molecular complexity index is 938. The van der Waals surface area contributed by atoms with Crippen molar-refractivity contribution in [1.29, 1.82) is 0 Å². The Hall–Kier alpha value is -2.63. The molecule has 152 valence electrons. The number of benzene rings is 2. The Morgan fingerprint density at radius 1 is 0.966 bits per heavy atom. The SMILES string of the molecule is Cc1ccc(-c2nc(CCOc3ccc(C4(C)OCCCO4)cc3)c(C)o2)cc1. The summed E-state index contributed by atoms with van der Waals surface area (Å²) >= 11 is 0. The molecule has 1 aliphatic rings. The van der Waals surface area contributed by atoms with Crippen LogP contribution in [-0.2, 0) is 21.7 Å². The summed E-state index contributed by atoms with van der Waals surface area (Å²) in [6.07, 6.45) is 1.62. The van der Waals surface area contributed by atoms with Crippen LogP contribution in [0.3, 0.4) is 0 Å². The van der Waals surface area contributed by atoms with Gasteiger partial charge in [-0.15, -0.1) is 0 Å². The van der Waals surface area contributed by atoms with Crippen LogP contribution >= 0.6 is 0 Å². The fourth-order valence-corrected chi connectivity index (χ4v) is 3.40. The van der Waals surface area contributed by atoms with E-state index in [1.165, 1.54) is 5.56 Å². The Morgan fingerprint density at radius 3 is 2.34 bits per heavy atom.